The minimum Gasteiger partial charge on any atom is -0.396 e. The van der Waals surface area contributed by atoms with E-state index in [0.29, 0.717) is 6.42 Å². The van der Waals surface area contributed by atoms with Crippen LogP contribution in [-0.4, -0.2) is 29.8 Å². The molecule has 6 heteroatoms. The Morgan fingerprint density at radius 3 is 2.13 bits per heavy atom. The van der Waals surface area contributed by atoms with Gasteiger partial charge < -0.3 is 10.2 Å². The minimum atomic E-state index is -4.47. The van der Waals surface area contributed by atoms with Crippen molar-refractivity contribution in [3.05, 3.63) is 35.4 Å². The van der Waals surface area contributed by atoms with Gasteiger partial charge in [-0.05, 0) is 17.5 Å². The Labute approximate surface area is 87.7 Å². The van der Waals surface area contributed by atoms with Crippen LogP contribution in [0.1, 0.15) is 16.6 Å². The first-order valence-electron chi connectivity index (χ1n) is 4.29. The molecule has 0 amide bonds. The van der Waals surface area contributed by atoms with Crippen molar-refractivity contribution in [1.29, 1.82) is 0 Å². The van der Waals surface area contributed by atoms with E-state index in [-0.39, 0.29) is 12.2 Å². The van der Waals surface area contributed by atoms with Crippen LogP contribution < -0.4 is 0 Å². The zero-order valence-corrected chi connectivity index (χ0v) is 8.68. The Balaban J connectivity index is 2.89. The molecule has 0 saturated carbocycles. The third-order valence-corrected chi connectivity index (χ3v) is 2.78. The number of hydrogen-bond acceptors (Lipinski definition) is 4. The van der Waals surface area contributed by atoms with Gasteiger partial charge in [0.1, 0.15) is 0 Å². The smallest absolute Gasteiger partial charge is 0.296 e. The van der Waals surface area contributed by atoms with Crippen molar-refractivity contribution in [3.8, 4) is 0 Å². The first-order valence-corrected chi connectivity index (χ1v) is 5.79. The van der Waals surface area contributed by atoms with Crippen LogP contribution in [0.15, 0.2) is 24.3 Å². The van der Waals surface area contributed by atoms with Crippen molar-refractivity contribution in [2.75, 3.05) is 6.61 Å². The first kappa shape index (κ1) is 12.1. The summed E-state index contributed by atoms with van der Waals surface area (Å²) in [6.07, 6.45) is 0.461. The number of benzene rings is 1. The molecule has 0 aliphatic carbocycles. The number of rotatable bonds is 4. The fourth-order valence-corrected chi connectivity index (χ4v) is 1.65. The second kappa shape index (κ2) is 4.71. The largest absolute Gasteiger partial charge is 0.396 e. The maximum Gasteiger partial charge on any atom is 0.296 e. The van der Waals surface area contributed by atoms with Crippen molar-refractivity contribution in [1.82, 2.24) is 0 Å². The summed E-state index contributed by atoms with van der Waals surface area (Å²) in [5.41, 5.74) is -0.997. The monoisotopic (exact) mass is 232 g/mol. The third-order valence-electron chi connectivity index (χ3n) is 1.95. The molecule has 1 rings (SSSR count). The molecule has 0 fully saturated rings. The Bertz CT molecular complexity index is 409. The van der Waals surface area contributed by atoms with E-state index in [4.69, 9.17) is 9.66 Å². The van der Waals surface area contributed by atoms with Gasteiger partial charge in [-0.25, -0.2) is 0 Å². The molecule has 84 valence electrons. The summed E-state index contributed by atoms with van der Waals surface area (Å²) in [6.45, 7) is 0.000197. The Kier molecular flexibility index (Phi) is 3.81. The van der Waals surface area contributed by atoms with Crippen LogP contribution in [0.5, 0.6) is 0 Å². The van der Waals surface area contributed by atoms with Crippen molar-refractivity contribution >= 4 is 10.1 Å². The summed E-state index contributed by atoms with van der Waals surface area (Å²) in [5.74, 6) is 0. The highest BCUT2D eigenvalue weighted by Gasteiger charge is 2.21. The van der Waals surface area contributed by atoms with E-state index in [1.165, 1.54) is 12.1 Å². The molecular weight excluding hydrogens is 220 g/mol. The van der Waals surface area contributed by atoms with E-state index in [2.05, 4.69) is 0 Å². The van der Waals surface area contributed by atoms with Gasteiger partial charge in [-0.15, -0.1) is 0 Å². The van der Waals surface area contributed by atoms with Crippen molar-refractivity contribution in [2.45, 2.75) is 11.9 Å². The van der Waals surface area contributed by atoms with Gasteiger partial charge in [0.05, 0.1) is 0 Å². The fourth-order valence-electron chi connectivity index (χ4n) is 1.15. The maximum atomic E-state index is 10.6. The Morgan fingerprint density at radius 1 is 1.20 bits per heavy atom. The molecule has 1 atom stereocenters. The molecule has 0 heterocycles. The molecule has 0 saturated heterocycles. The second-order valence-corrected chi connectivity index (χ2v) is 4.56. The van der Waals surface area contributed by atoms with Crippen LogP contribution in [0.25, 0.3) is 0 Å². The number of aliphatic hydroxyl groups excluding tert-OH is 2. The lowest BCUT2D eigenvalue weighted by Crippen LogP contribution is -2.11. The van der Waals surface area contributed by atoms with Crippen LogP contribution in [-0.2, 0) is 16.5 Å². The standard InChI is InChI=1S/C9H12O5S/c10-6-5-7-1-3-8(4-2-7)9(11)15(12,13)14/h1-4,9-11H,5-6H2,(H,12,13,14). The maximum absolute atomic E-state index is 10.6. The molecule has 15 heavy (non-hydrogen) atoms. The van der Waals surface area contributed by atoms with Gasteiger partial charge >= 0.3 is 0 Å². The quantitative estimate of drug-likeness (QED) is 0.640. The first-order chi connectivity index (χ1) is 6.95. The van der Waals surface area contributed by atoms with Gasteiger partial charge in [0.15, 0.2) is 0 Å². The van der Waals surface area contributed by atoms with Gasteiger partial charge in [0.2, 0.25) is 5.44 Å². The van der Waals surface area contributed by atoms with Crippen molar-refractivity contribution < 1.29 is 23.2 Å². The van der Waals surface area contributed by atoms with Crippen LogP contribution in [0.4, 0.5) is 0 Å². The highest BCUT2D eigenvalue weighted by atomic mass is 32.2. The number of hydrogen-bond donors (Lipinski definition) is 3. The molecule has 0 spiro atoms. The van der Waals surface area contributed by atoms with Crippen LogP contribution in [0.3, 0.4) is 0 Å². The van der Waals surface area contributed by atoms with E-state index in [0.717, 1.165) is 5.56 Å². The number of aliphatic hydroxyl groups is 2. The zero-order valence-electron chi connectivity index (χ0n) is 7.87. The summed E-state index contributed by atoms with van der Waals surface area (Å²) in [6, 6.07) is 5.95. The predicted molar refractivity (Wildman–Crippen MR) is 53.7 cm³/mol. The third kappa shape index (κ3) is 3.28. The molecule has 0 aromatic heterocycles. The highest BCUT2D eigenvalue weighted by Crippen LogP contribution is 2.18. The molecule has 0 aliphatic rings. The van der Waals surface area contributed by atoms with E-state index >= 15 is 0 Å². The molecule has 0 bridgehead atoms. The van der Waals surface area contributed by atoms with Gasteiger partial charge in [0.25, 0.3) is 10.1 Å². The molecule has 3 N–H and O–H groups in total. The lowest BCUT2D eigenvalue weighted by molar-refractivity contribution is 0.238. The average molecular weight is 232 g/mol. The van der Waals surface area contributed by atoms with Crippen molar-refractivity contribution in [3.63, 3.8) is 0 Å². The van der Waals surface area contributed by atoms with E-state index in [9.17, 15) is 13.5 Å². The second-order valence-electron chi connectivity index (χ2n) is 3.08. The normalized spacial score (nSPS) is 13.8. The van der Waals surface area contributed by atoms with Crippen LogP contribution >= 0.6 is 0 Å². The van der Waals surface area contributed by atoms with Gasteiger partial charge in [-0.2, -0.15) is 8.42 Å². The topological polar surface area (TPSA) is 94.8 Å². The average Bonchev–Trinajstić information content (AvgIpc) is 2.17. The minimum absolute atomic E-state index is 0.000197. The highest BCUT2D eigenvalue weighted by molar-refractivity contribution is 7.85. The SMILES string of the molecule is O=S(=O)(O)C(O)c1ccc(CCO)cc1. The van der Waals surface area contributed by atoms with Gasteiger partial charge in [-0.1, -0.05) is 24.3 Å². The van der Waals surface area contributed by atoms with E-state index in [1.54, 1.807) is 12.1 Å². The summed E-state index contributed by atoms with van der Waals surface area (Å²) < 4.78 is 29.8. The summed E-state index contributed by atoms with van der Waals surface area (Å²) in [5, 5.41) is 17.8. The Hall–Kier alpha value is -0.950. The molecule has 1 unspecified atom stereocenters. The summed E-state index contributed by atoms with van der Waals surface area (Å²) in [7, 11) is -4.47. The van der Waals surface area contributed by atoms with E-state index in [1.807, 2.05) is 0 Å². The van der Waals surface area contributed by atoms with E-state index < -0.39 is 15.6 Å². The molecule has 1 aromatic rings. The zero-order chi connectivity index (χ0) is 11.5. The molecule has 5 nitrogen and oxygen atoms in total. The Morgan fingerprint density at radius 2 is 1.73 bits per heavy atom. The lowest BCUT2D eigenvalue weighted by Gasteiger charge is -2.07. The predicted octanol–water partition coefficient (Wildman–Crippen LogP) is 0.100. The van der Waals surface area contributed by atoms with Gasteiger partial charge in [0, 0.05) is 6.61 Å². The summed E-state index contributed by atoms with van der Waals surface area (Å²) in [4.78, 5) is 0. The van der Waals surface area contributed by atoms with Crippen LogP contribution in [0, 0.1) is 0 Å². The molecular formula is C9H12O5S. The molecule has 1 aromatic carbocycles. The van der Waals surface area contributed by atoms with Crippen molar-refractivity contribution in [2.24, 2.45) is 0 Å². The summed E-state index contributed by atoms with van der Waals surface area (Å²) >= 11 is 0. The lowest BCUT2D eigenvalue weighted by atomic mass is 10.1. The molecule has 0 aliphatic heterocycles. The fraction of sp³-hybridized carbons (Fsp3) is 0.333. The molecule has 0 radical (unpaired) electrons. The van der Waals surface area contributed by atoms with Gasteiger partial charge in [-0.3, -0.25) is 4.55 Å². The van der Waals surface area contributed by atoms with Crippen LogP contribution in [0.2, 0.25) is 0 Å².